The highest BCUT2D eigenvalue weighted by Crippen LogP contribution is 2.36. The summed E-state index contributed by atoms with van der Waals surface area (Å²) in [7, 11) is -0.468. The molecule has 0 radical (unpaired) electrons. The first kappa shape index (κ1) is 14.2. The second-order valence-electron chi connectivity index (χ2n) is 5.66. The highest BCUT2D eigenvalue weighted by molar-refractivity contribution is 6.62. The van der Waals surface area contributed by atoms with Crippen molar-refractivity contribution < 1.29 is 18.8 Å². The lowest BCUT2D eigenvalue weighted by molar-refractivity contribution is 0.00578. The minimum atomic E-state index is -0.468. The summed E-state index contributed by atoms with van der Waals surface area (Å²) in [5.74, 6) is -0.370. The first-order valence-corrected chi connectivity index (χ1v) is 6.48. The lowest BCUT2D eigenvalue weighted by Crippen LogP contribution is -2.41. The summed E-state index contributed by atoms with van der Waals surface area (Å²) < 4.78 is 16.8. The van der Waals surface area contributed by atoms with E-state index in [2.05, 4.69) is 4.98 Å². The minimum absolute atomic E-state index is 0.351. The van der Waals surface area contributed by atoms with Crippen molar-refractivity contribution in [3.05, 3.63) is 18.0 Å². The van der Waals surface area contributed by atoms with Gasteiger partial charge in [0.25, 0.3) is 0 Å². The van der Waals surface area contributed by atoms with Crippen LogP contribution >= 0.6 is 0 Å². The molecule has 2 rings (SSSR count). The fraction of sp³-hybridized carbons (Fsp3) is 0.615. The summed E-state index contributed by atoms with van der Waals surface area (Å²) in [4.78, 5) is 14.5. The van der Waals surface area contributed by atoms with Gasteiger partial charge in [-0.25, -0.2) is 4.79 Å². The van der Waals surface area contributed by atoms with Crippen LogP contribution in [-0.4, -0.2) is 35.9 Å². The van der Waals surface area contributed by atoms with E-state index in [-0.39, 0.29) is 17.2 Å². The maximum atomic E-state index is 11.6. The Balaban J connectivity index is 2.15. The van der Waals surface area contributed by atoms with E-state index in [1.165, 1.54) is 0 Å². The quantitative estimate of drug-likeness (QED) is 0.664. The van der Waals surface area contributed by atoms with Crippen LogP contribution in [0, 0.1) is 0 Å². The lowest BCUT2D eigenvalue weighted by Gasteiger charge is -2.32. The van der Waals surface area contributed by atoms with E-state index in [1.807, 2.05) is 27.7 Å². The van der Waals surface area contributed by atoms with Crippen LogP contribution in [0.4, 0.5) is 0 Å². The van der Waals surface area contributed by atoms with E-state index in [0.29, 0.717) is 12.3 Å². The van der Waals surface area contributed by atoms with E-state index in [9.17, 15) is 4.79 Å². The number of aromatic amines is 1. The fourth-order valence-corrected chi connectivity index (χ4v) is 1.85. The van der Waals surface area contributed by atoms with Crippen molar-refractivity contribution in [2.45, 2.75) is 45.8 Å². The number of hydrogen-bond acceptors (Lipinski definition) is 4. The standard InChI is InChI=1S/C13H20BNO4/c1-6-17-11(16)10-7-9(8-15-10)14-18-12(2,3)13(4,5)19-14/h7-8,15H,6H2,1-5H3. The molecule has 2 heterocycles. The number of nitrogens with one attached hydrogen (secondary N) is 1. The van der Waals surface area contributed by atoms with Crippen LogP contribution in [0.15, 0.2) is 12.3 Å². The van der Waals surface area contributed by atoms with Gasteiger partial charge in [-0.1, -0.05) is 0 Å². The summed E-state index contributed by atoms with van der Waals surface area (Å²) in [5, 5.41) is 0. The van der Waals surface area contributed by atoms with Crippen molar-refractivity contribution in [3.63, 3.8) is 0 Å². The van der Waals surface area contributed by atoms with Crippen LogP contribution in [0.2, 0.25) is 0 Å². The summed E-state index contributed by atoms with van der Waals surface area (Å²) in [6, 6.07) is 1.71. The summed E-state index contributed by atoms with van der Waals surface area (Å²) in [6.07, 6.45) is 1.72. The number of hydrogen-bond donors (Lipinski definition) is 1. The summed E-state index contributed by atoms with van der Waals surface area (Å²) in [5.41, 5.74) is 0.422. The monoisotopic (exact) mass is 265 g/mol. The van der Waals surface area contributed by atoms with E-state index in [1.54, 1.807) is 19.2 Å². The van der Waals surface area contributed by atoms with Gasteiger partial charge in [-0.15, -0.1) is 0 Å². The lowest BCUT2D eigenvalue weighted by atomic mass is 9.81. The topological polar surface area (TPSA) is 60.6 Å². The summed E-state index contributed by atoms with van der Waals surface area (Å²) >= 11 is 0. The molecule has 0 amide bonds. The van der Waals surface area contributed by atoms with Gasteiger partial charge in [0.15, 0.2) is 0 Å². The third-order valence-corrected chi connectivity index (χ3v) is 3.73. The van der Waals surface area contributed by atoms with Crippen LogP contribution in [0.5, 0.6) is 0 Å². The molecule has 1 N–H and O–H groups in total. The molecule has 1 fully saturated rings. The molecule has 6 heteroatoms. The molecule has 0 saturated carbocycles. The van der Waals surface area contributed by atoms with Gasteiger partial charge in [0.05, 0.1) is 17.8 Å². The van der Waals surface area contributed by atoms with E-state index in [4.69, 9.17) is 14.0 Å². The molecule has 1 aliphatic rings. The van der Waals surface area contributed by atoms with Crippen LogP contribution < -0.4 is 5.46 Å². The number of carbonyl (C=O) groups is 1. The smallest absolute Gasteiger partial charge is 0.461 e. The zero-order valence-electron chi connectivity index (χ0n) is 12.1. The number of esters is 1. The first-order chi connectivity index (χ1) is 8.77. The minimum Gasteiger partial charge on any atom is -0.461 e. The molecule has 0 aliphatic carbocycles. The van der Waals surface area contributed by atoms with Gasteiger partial charge >= 0.3 is 13.1 Å². The molecule has 1 aromatic heterocycles. The largest absolute Gasteiger partial charge is 0.496 e. The van der Waals surface area contributed by atoms with E-state index < -0.39 is 7.12 Å². The van der Waals surface area contributed by atoms with Gasteiger partial charge in [-0.3, -0.25) is 0 Å². The number of carbonyl (C=O) groups excluding carboxylic acids is 1. The molecular weight excluding hydrogens is 245 g/mol. The molecule has 19 heavy (non-hydrogen) atoms. The van der Waals surface area contributed by atoms with Crippen molar-refractivity contribution in [2.24, 2.45) is 0 Å². The Morgan fingerprint density at radius 3 is 2.42 bits per heavy atom. The highest BCUT2D eigenvalue weighted by atomic mass is 16.7. The molecule has 0 spiro atoms. The molecule has 1 aromatic rings. The van der Waals surface area contributed by atoms with Crippen molar-refractivity contribution in [1.29, 1.82) is 0 Å². The van der Waals surface area contributed by atoms with Crippen LogP contribution in [-0.2, 0) is 14.0 Å². The maximum Gasteiger partial charge on any atom is 0.496 e. The molecule has 1 aliphatic heterocycles. The predicted octanol–water partition coefficient (Wildman–Crippen LogP) is 1.49. The van der Waals surface area contributed by atoms with Gasteiger partial charge in [-0.2, -0.15) is 0 Å². The van der Waals surface area contributed by atoms with Crippen LogP contribution in [0.3, 0.4) is 0 Å². The molecular formula is C13H20BNO4. The maximum absolute atomic E-state index is 11.6. The Labute approximate surface area is 113 Å². The number of ether oxygens (including phenoxy) is 1. The molecule has 1 saturated heterocycles. The van der Waals surface area contributed by atoms with E-state index in [0.717, 1.165) is 5.46 Å². The average Bonchev–Trinajstić information content (AvgIpc) is 2.83. The van der Waals surface area contributed by atoms with Gasteiger partial charge in [-0.05, 0) is 40.7 Å². The molecule has 0 unspecified atom stereocenters. The second-order valence-corrected chi connectivity index (χ2v) is 5.66. The molecule has 0 aromatic carbocycles. The van der Waals surface area contributed by atoms with Gasteiger partial charge < -0.3 is 19.0 Å². The third kappa shape index (κ3) is 2.55. The SMILES string of the molecule is CCOC(=O)c1cc(B2OC(C)(C)C(C)(C)O2)c[nH]1. The van der Waals surface area contributed by atoms with Crippen LogP contribution in [0.25, 0.3) is 0 Å². The third-order valence-electron chi connectivity index (χ3n) is 3.73. The highest BCUT2D eigenvalue weighted by Gasteiger charge is 2.52. The fourth-order valence-electron chi connectivity index (χ4n) is 1.85. The van der Waals surface area contributed by atoms with Gasteiger partial charge in [0, 0.05) is 11.7 Å². The van der Waals surface area contributed by atoms with E-state index >= 15 is 0 Å². The van der Waals surface area contributed by atoms with Crippen LogP contribution in [0.1, 0.15) is 45.1 Å². The normalized spacial score (nSPS) is 20.6. The zero-order valence-corrected chi connectivity index (χ0v) is 12.1. The number of aromatic nitrogens is 1. The van der Waals surface area contributed by atoms with Gasteiger partial charge in [0.1, 0.15) is 5.69 Å². The Morgan fingerprint density at radius 2 is 1.89 bits per heavy atom. The second kappa shape index (κ2) is 4.69. The Hall–Kier alpha value is -1.27. The van der Waals surface area contributed by atoms with Crippen molar-refractivity contribution in [2.75, 3.05) is 6.61 Å². The van der Waals surface area contributed by atoms with Gasteiger partial charge in [0.2, 0.25) is 0 Å². The number of H-pyrrole nitrogens is 1. The van der Waals surface area contributed by atoms with Crippen molar-refractivity contribution in [3.8, 4) is 0 Å². The molecule has 0 bridgehead atoms. The molecule has 104 valence electrons. The Morgan fingerprint density at radius 1 is 1.32 bits per heavy atom. The Bertz CT molecular complexity index is 465. The first-order valence-electron chi connectivity index (χ1n) is 6.48. The Kier molecular flexibility index (Phi) is 3.49. The molecule has 0 atom stereocenters. The predicted molar refractivity (Wildman–Crippen MR) is 72.5 cm³/mol. The zero-order chi connectivity index (χ0) is 14.3. The average molecular weight is 265 g/mol. The molecule has 5 nitrogen and oxygen atoms in total. The summed E-state index contributed by atoms with van der Waals surface area (Å²) in [6.45, 7) is 10.1. The van der Waals surface area contributed by atoms with Crippen molar-refractivity contribution >= 4 is 18.6 Å². The number of rotatable bonds is 3. The van der Waals surface area contributed by atoms with Crippen molar-refractivity contribution in [1.82, 2.24) is 4.98 Å².